The Morgan fingerprint density at radius 2 is 2.12 bits per heavy atom. The van der Waals surface area contributed by atoms with Crippen molar-refractivity contribution in [3.63, 3.8) is 0 Å². The highest BCUT2D eigenvalue weighted by atomic mass is 32.2. The Hall–Kier alpha value is -1.83. The number of carbonyl (C=O) groups is 1. The lowest BCUT2D eigenvalue weighted by molar-refractivity contribution is -0.118. The van der Waals surface area contributed by atoms with E-state index in [9.17, 15) is 4.79 Å². The Labute approximate surface area is 152 Å². The molecule has 0 aliphatic carbocycles. The van der Waals surface area contributed by atoms with Gasteiger partial charge >= 0.3 is 0 Å². The van der Waals surface area contributed by atoms with Crippen molar-refractivity contribution >= 4 is 17.7 Å². The van der Waals surface area contributed by atoms with Gasteiger partial charge in [0, 0.05) is 38.6 Å². The average Bonchev–Trinajstić information content (AvgIpc) is 3.10. The first-order chi connectivity index (χ1) is 12.2. The number of amides is 1. The molecule has 1 saturated heterocycles. The fraction of sp³-hybridized carbons (Fsp3) is 0.444. The van der Waals surface area contributed by atoms with Crippen LogP contribution >= 0.6 is 11.8 Å². The lowest BCUT2D eigenvalue weighted by Crippen LogP contribution is -2.41. The molecule has 6 nitrogen and oxygen atoms in total. The van der Waals surface area contributed by atoms with E-state index >= 15 is 0 Å². The molecule has 2 heterocycles. The maximum atomic E-state index is 12.1. The van der Waals surface area contributed by atoms with Crippen LogP contribution < -0.4 is 5.32 Å². The third kappa shape index (κ3) is 5.07. The number of thioether (sulfide) groups is 1. The van der Waals surface area contributed by atoms with E-state index in [1.54, 1.807) is 6.20 Å². The standard InChI is InChI=1S/C18H24N4O2S/c1-15-4-2-3-5-16(15)22-9-7-20-18(22)25-14-17(23)19-6-8-21-10-12-24-13-11-21/h2-5,7,9H,6,8,10-14H2,1H3,(H,19,23). The summed E-state index contributed by atoms with van der Waals surface area (Å²) < 4.78 is 7.35. The van der Waals surface area contributed by atoms with Crippen molar-refractivity contribution in [3.8, 4) is 5.69 Å². The van der Waals surface area contributed by atoms with Gasteiger partial charge in [-0.25, -0.2) is 4.98 Å². The number of imidazole rings is 1. The second-order valence-corrected chi connectivity index (χ2v) is 6.90. The molecule has 134 valence electrons. The molecular formula is C18H24N4O2S. The molecule has 1 aliphatic heterocycles. The van der Waals surface area contributed by atoms with Crippen molar-refractivity contribution in [2.45, 2.75) is 12.1 Å². The van der Waals surface area contributed by atoms with Gasteiger partial charge < -0.3 is 10.1 Å². The van der Waals surface area contributed by atoms with E-state index < -0.39 is 0 Å². The molecular weight excluding hydrogens is 336 g/mol. The first-order valence-corrected chi connectivity index (χ1v) is 9.51. The van der Waals surface area contributed by atoms with Crippen LogP contribution in [0.15, 0.2) is 41.8 Å². The lowest BCUT2D eigenvalue weighted by Gasteiger charge is -2.26. The summed E-state index contributed by atoms with van der Waals surface area (Å²) in [6.07, 6.45) is 3.70. The van der Waals surface area contributed by atoms with Crippen molar-refractivity contribution in [1.29, 1.82) is 0 Å². The summed E-state index contributed by atoms with van der Waals surface area (Å²) in [7, 11) is 0. The molecule has 0 atom stereocenters. The van der Waals surface area contributed by atoms with E-state index in [1.165, 1.54) is 17.3 Å². The first kappa shape index (κ1) is 18.0. The normalized spacial score (nSPS) is 15.2. The van der Waals surface area contributed by atoms with Crippen LogP contribution in [-0.2, 0) is 9.53 Å². The van der Waals surface area contributed by atoms with E-state index in [2.05, 4.69) is 34.3 Å². The Kier molecular flexibility index (Phi) is 6.49. The second-order valence-electron chi connectivity index (χ2n) is 5.96. The number of morpholine rings is 1. The molecule has 1 aliphatic rings. The highest BCUT2D eigenvalue weighted by molar-refractivity contribution is 7.99. The van der Waals surface area contributed by atoms with E-state index in [4.69, 9.17) is 4.74 Å². The van der Waals surface area contributed by atoms with Crippen LogP contribution in [0.25, 0.3) is 5.69 Å². The summed E-state index contributed by atoms with van der Waals surface area (Å²) in [6, 6.07) is 8.16. The number of aryl methyl sites for hydroxylation is 1. The van der Waals surface area contributed by atoms with Crippen LogP contribution in [0.4, 0.5) is 0 Å². The molecule has 0 spiro atoms. The van der Waals surface area contributed by atoms with Crippen molar-refractivity contribution in [1.82, 2.24) is 19.8 Å². The van der Waals surface area contributed by atoms with E-state index in [0.717, 1.165) is 43.7 Å². The van der Waals surface area contributed by atoms with Crippen LogP contribution in [0.1, 0.15) is 5.56 Å². The van der Waals surface area contributed by atoms with Crippen LogP contribution in [0.2, 0.25) is 0 Å². The van der Waals surface area contributed by atoms with E-state index in [-0.39, 0.29) is 5.91 Å². The van der Waals surface area contributed by atoms with E-state index in [1.807, 2.05) is 22.9 Å². The van der Waals surface area contributed by atoms with Crippen LogP contribution in [0, 0.1) is 6.92 Å². The number of benzene rings is 1. The van der Waals surface area contributed by atoms with Gasteiger partial charge in [-0.1, -0.05) is 30.0 Å². The van der Waals surface area contributed by atoms with Gasteiger partial charge in [-0.3, -0.25) is 14.3 Å². The summed E-state index contributed by atoms with van der Waals surface area (Å²) >= 11 is 1.46. The number of hydrogen-bond acceptors (Lipinski definition) is 5. The lowest BCUT2D eigenvalue weighted by atomic mass is 10.2. The maximum absolute atomic E-state index is 12.1. The number of para-hydroxylation sites is 1. The third-order valence-corrected chi connectivity index (χ3v) is 5.13. The van der Waals surface area contributed by atoms with Crippen molar-refractivity contribution < 1.29 is 9.53 Å². The zero-order valence-corrected chi connectivity index (χ0v) is 15.3. The largest absolute Gasteiger partial charge is 0.379 e. The molecule has 1 aromatic heterocycles. The summed E-state index contributed by atoms with van der Waals surface area (Å²) in [5.74, 6) is 0.407. The summed E-state index contributed by atoms with van der Waals surface area (Å²) in [5.41, 5.74) is 2.27. The van der Waals surface area contributed by atoms with Crippen molar-refractivity contribution in [2.75, 3.05) is 45.1 Å². The third-order valence-electron chi connectivity index (χ3n) is 4.17. The van der Waals surface area contributed by atoms with Gasteiger partial charge in [0.1, 0.15) is 0 Å². The molecule has 1 N–H and O–H groups in total. The predicted molar refractivity (Wildman–Crippen MR) is 99.3 cm³/mol. The van der Waals surface area contributed by atoms with Gasteiger partial charge in [-0.2, -0.15) is 0 Å². The molecule has 7 heteroatoms. The summed E-state index contributed by atoms with van der Waals surface area (Å²) in [4.78, 5) is 18.8. The zero-order valence-electron chi connectivity index (χ0n) is 14.5. The molecule has 1 aromatic carbocycles. The quantitative estimate of drug-likeness (QED) is 0.762. The zero-order chi connectivity index (χ0) is 17.5. The molecule has 2 aromatic rings. The minimum absolute atomic E-state index is 0.0394. The van der Waals surface area contributed by atoms with Gasteiger partial charge in [0.05, 0.1) is 24.7 Å². The number of nitrogens with zero attached hydrogens (tertiary/aromatic N) is 3. The first-order valence-electron chi connectivity index (χ1n) is 8.53. The summed E-state index contributed by atoms with van der Waals surface area (Å²) in [5, 5.41) is 3.81. The van der Waals surface area contributed by atoms with Gasteiger partial charge in [-0.15, -0.1) is 0 Å². The molecule has 1 amide bonds. The fourth-order valence-corrected chi connectivity index (χ4v) is 3.57. The van der Waals surface area contributed by atoms with Gasteiger partial charge in [0.2, 0.25) is 5.91 Å². The smallest absolute Gasteiger partial charge is 0.230 e. The number of aromatic nitrogens is 2. The monoisotopic (exact) mass is 360 g/mol. The molecule has 1 fully saturated rings. The molecule has 0 bridgehead atoms. The van der Waals surface area contributed by atoms with Gasteiger partial charge in [0.25, 0.3) is 0 Å². The Morgan fingerprint density at radius 1 is 1.32 bits per heavy atom. The van der Waals surface area contributed by atoms with E-state index in [0.29, 0.717) is 12.3 Å². The minimum atomic E-state index is 0.0394. The number of rotatable bonds is 7. The molecule has 25 heavy (non-hydrogen) atoms. The second kappa shape index (κ2) is 9.03. The molecule has 0 unspecified atom stereocenters. The average molecular weight is 360 g/mol. The predicted octanol–water partition coefficient (Wildman–Crippen LogP) is 1.72. The van der Waals surface area contributed by atoms with Crippen molar-refractivity contribution in [2.24, 2.45) is 0 Å². The van der Waals surface area contributed by atoms with Crippen LogP contribution in [0.5, 0.6) is 0 Å². The van der Waals surface area contributed by atoms with Crippen LogP contribution in [0.3, 0.4) is 0 Å². The van der Waals surface area contributed by atoms with Crippen molar-refractivity contribution in [3.05, 3.63) is 42.2 Å². The highest BCUT2D eigenvalue weighted by Crippen LogP contribution is 2.22. The molecule has 3 rings (SSSR count). The van der Waals surface area contributed by atoms with Crippen LogP contribution in [-0.4, -0.2) is 65.5 Å². The Morgan fingerprint density at radius 3 is 2.92 bits per heavy atom. The highest BCUT2D eigenvalue weighted by Gasteiger charge is 2.12. The Balaban J connectivity index is 1.46. The van der Waals surface area contributed by atoms with Gasteiger partial charge in [-0.05, 0) is 18.6 Å². The molecule has 0 radical (unpaired) electrons. The number of nitrogens with one attached hydrogen (secondary N) is 1. The maximum Gasteiger partial charge on any atom is 0.230 e. The number of ether oxygens (including phenoxy) is 1. The summed E-state index contributed by atoms with van der Waals surface area (Å²) in [6.45, 7) is 7.07. The fourth-order valence-electron chi connectivity index (χ4n) is 2.77. The van der Waals surface area contributed by atoms with Gasteiger partial charge in [0.15, 0.2) is 5.16 Å². The molecule has 0 saturated carbocycles. The minimum Gasteiger partial charge on any atom is -0.379 e. The Bertz CT molecular complexity index is 698. The SMILES string of the molecule is Cc1ccccc1-n1ccnc1SCC(=O)NCCN1CCOCC1. The topological polar surface area (TPSA) is 59.4 Å². The number of carbonyl (C=O) groups excluding carboxylic acids is 1. The number of hydrogen-bond donors (Lipinski definition) is 1.